The van der Waals surface area contributed by atoms with Gasteiger partial charge in [0.05, 0.1) is 12.6 Å². The Labute approximate surface area is 73.6 Å². The van der Waals surface area contributed by atoms with Gasteiger partial charge in [-0.1, -0.05) is 18.2 Å². The molecule has 0 bridgehead atoms. The van der Waals surface area contributed by atoms with Gasteiger partial charge in [-0.2, -0.15) is 0 Å². The Balaban J connectivity index is 4.29. The maximum absolute atomic E-state index is 8.50. The third kappa shape index (κ3) is 3.30. The number of aliphatic hydroxyl groups is 1. The van der Waals surface area contributed by atoms with Gasteiger partial charge in [0.2, 0.25) is 0 Å². The van der Waals surface area contributed by atoms with Crippen LogP contribution in [0.4, 0.5) is 0 Å². The lowest BCUT2D eigenvalue weighted by atomic mass is 10.0. The van der Waals surface area contributed by atoms with Crippen LogP contribution in [0.5, 0.6) is 0 Å². The van der Waals surface area contributed by atoms with Crippen LogP contribution in [0.2, 0.25) is 0 Å². The Morgan fingerprint density at radius 1 is 1.17 bits per heavy atom. The second-order valence-corrected chi connectivity index (χ2v) is 2.29. The number of aliphatic imine (C=N–C) groups is 1. The first-order valence-electron chi connectivity index (χ1n) is 3.80. The average Bonchev–Trinajstić information content (AvgIpc) is 2.12. The van der Waals surface area contributed by atoms with E-state index in [4.69, 9.17) is 5.11 Å². The molecular weight excluding hydrogens is 150 g/mol. The summed E-state index contributed by atoms with van der Waals surface area (Å²) in [6.45, 7) is 10.9. The number of nitrogens with zero attached hydrogens (tertiary/aromatic N) is 1. The third-order valence-electron chi connectivity index (χ3n) is 1.54. The van der Waals surface area contributed by atoms with Gasteiger partial charge >= 0.3 is 0 Å². The van der Waals surface area contributed by atoms with Crippen LogP contribution >= 0.6 is 0 Å². The van der Waals surface area contributed by atoms with Gasteiger partial charge in [0.15, 0.2) is 0 Å². The summed E-state index contributed by atoms with van der Waals surface area (Å²) in [6.07, 6.45) is 6.68. The van der Waals surface area contributed by atoms with Gasteiger partial charge < -0.3 is 5.11 Å². The van der Waals surface area contributed by atoms with Crippen molar-refractivity contribution < 1.29 is 5.11 Å². The van der Waals surface area contributed by atoms with E-state index < -0.39 is 0 Å². The van der Waals surface area contributed by atoms with Gasteiger partial charge in [-0.3, -0.25) is 4.99 Å². The standard InChI is InChI=1S/C10H15NO/c1-4-9(5-2)10(6-3)11-7-8-12/h4-7,9-10,12H,1-3,8H2/t10-/m1/s1. The van der Waals surface area contributed by atoms with Crippen molar-refractivity contribution in [1.29, 1.82) is 0 Å². The zero-order chi connectivity index (χ0) is 9.40. The van der Waals surface area contributed by atoms with Crippen molar-refractivity contribution in [2.45, 2.75) is 6.04 Å². The fourth-order valence-corrected chi connectivity index (χ4v) is 0.861. The minimum absolute atomic E-state index is 0.0503. The molecule has 0 aliphatic carbocycles. The fourth-order valence-electron chi connectivity index (χ4n) is 0.861. The van der Waals surface area contributed by atoms with Gasteiger partial charge in [-0.15, -0.1) is 19.7 Å². The molecule has 66 valence electrons. The molecule has 12 heavy (non-hydrogen) atoms. The van der Waals surface area contributed by atoms with Crippen LogP contribution in [0.25, 0.3) is 0 Å². The van der Waals surface area contributed by atoms with Crippen molar-refractivity contribution in [2.24, 2.45) is 10.9 Å². The molecule has 0 aliphatic rings. The zero-order valence-electron chi connectivity index (χ0n) is 7.19. The lowest BCUT2D eigenvalue weighted by Gasteiger charge is -2.12. The molecule has 0 rings (SSSR count). The second kappa shape index (κ2) is 6.55. The van der Waals surface area contributed by atoms with E-state index in [1.165, 1.54) is 6.21 Å². The minimum atomic E-state index is -0.0628. The molecule has 1 N–H and O–H groups in total. The van der Waals surface area contributed by atoms with Crippen LogP contribution in [0.1, 0.15) is 0 Å². The van der Waals surface area contributed by atoms with E-state index >= 15 is 0 Å². The number of hydrogen-bond acceptors (Lipinski definition) is 2. The van der Waals surface area contributed by atoms with Gasteiger partial charge in [0, 0.05) is 12.1 Å². The maximum atomic E-state index is 8.50. The molecule has 0 radical (unpaired) electrons. The van der Waals surface area contributed by atoms with E-state index in [2.05, 4.69) is 24.7 Å². The van der Waals surface area contributed by atoms with Crippen LogP contribution in [0, 0.1) is 5.92 Å². The highest BCUT2D eigenvalue weighted by Gasteiger charge is 2.08. The normalized spacial score (nSPS) is 13.2. The minimum Gasteiger partial charge on any atom is -0.391 e. The summed E-state index contributed by atoms with van der Waals surface area (Å²) in [7, 11) is 0. The zero-order valence-corrected chi connectivity index (χ0v) is 7.19. The van der Waals surface area contributed by atoms with Gasteiger partial charge in [-0.25, -0.2) is 0 Å². The summed E-state index contributed by atoms with van der Waals surface area (Å²) in [4.78, 5) is 4.07. The lowest BCUT2D eigenvalue weighted by Crippen LogP contribution is -2.11. The van der Waals surface area contributed by atoms with Crippen LogP contribution < -0.4 is 0 Å². The summed E-state index contributed by atoms with van der Waals surface area (Å²) in [5.41, 5.74) is 0. The predicted molar refractivity (Wildman–Crippen MR) is 53.4 cm³/mol. The van der Waals surface area contributed by atoms with Gasteiger partial charge in [-0.05, 0) is 0 Å². The highest BCUT2D eigenvalue weighted by Crippen LogP contribution is 2.10. The quantitative estimate of drug-likeness (QED) is 0.470. The largest absolute Gasteiger partial charge is 0.391 e. The first-order valence-corrected chi connectivity index (χ1v) is 3.80. The van der Waals surface area contributed by atoms with Gasteiger partial charge in [0.1, 0.15) is 0 Å². The Kier molecular flexibility index (Phi) is 5.93. The van der Waals surface area contributed by atoms with Gasteiger partial charge in [0.25, 0.3) is 0 Å². The van der Waals surface area contributed by atoms with Crippen molar-refractivity contribution >= 4 is 6.21 Å². The summed E-state index contributed by atoms with van der Waals surface area (Å²) in [6, 6.07) is -0.0628. The van der Waals surface area contributed by atoms with E-state index in [1.807, 2.05) is 0 Å². The molecule has 0 aromatic carbocycles. The average molecular weight is 165 g/mol. The number of rotatable bonds is 6. The molecule has 0 heterocycles. The molecule has 0 aliphatic heterocycles. The SMILES string of the molecule is C=CC(C=C)[C@@H](C=C)N=CCO. The Morgan fingerprint density at radius 2 is 1.75 bits per heavy atom. The summed E-state index contributed by atoms with van der Waals surface area (Å²) < 4.78 is 0. The predicted octanol–water partition coefficient (Wildman–Crippen LogP) is 1.59. The first kappa shape index (κ1) is 10.8. The summed E-state index contributed by atoms with van der Waals surface area (Å²) >= 11 is 0. The lowest BCUT2D eigenvalue weighted by molar-refractivity contribution is 0.361. The van der Waals surface area contributed by atoms with Crippen molar-refractivity contribution in [3.63, 3.8) is 0 Å². The molecule has 1 atom stereocenters. The first-order chi connectivity index (χ1) is 5.79. The molecule has 0 saturated carbocycles. The van der Waals surface area contributed by atoms with E-state index in [-0.39, 0.29) is 18.6 Å². The van der Waals surface area contributed by atoms with E-state index in [0.717, 1.165) is 0 Å². The second-order valence-electron chi connectivity index (χ2n) is 2.29. The summed E-state index contributed by atoms with van der Waals surface area (Å²) in [5, 5.41) is 8.50. The smallest absolute Gasteiger partial charge is 0.0779 e. The molecule has 0 spiro atoms. The number of aliphatic hydroxyl groups excluding tert-OH is 1. The molecule has 2 heteroatoms. The molecule has 0 saturated heterocycles. The van der Waals surface area contributed by atoms with E-state index in [0.29, 0.717) is 0 Å². The maximum Gasteiger partial charge on any atom is 0.0779 e. The highest BCUT2D eigenvalue weighted by molar-refractivity contribution is 5.58. The monoisotopic (exact) mass is 165 g/mol. The van der Waals surface area contributed by atoms with E-state index in [1.54, 1.807) is 18.2 Å². The van der Waals surface area contributed by atoms with Crippen molar-refractivity contribution in [3.05, 3.63) is 38.0 Å². The van der Waals surface area contributed by atoms with Crippen LogP contribution in [0.3, 0.4) is 0 Å². The van der Waals surface area contributed by atoms with Crippen LogP contribution in [-0.2, 0) is 0 Å². The Morgan fingerprint density at radius 3 is 2.08 bits per heavy atom. The molecule has 0 aromatic heterocycles. The molecule has 0 aromatic rings. The summed E-state index contributed by atoms with van der Waals surface area (Å²) in [5.74, 6) is 0.0882. The third-order valence-corrected chi connectivity index (χ3v) is 1.54. The van der Waals surface area contributed by atoms with Crippen LogP contribution in [-0.4, -0.2) is 24.0 Å². The molecule has 0 amide bonds. The Bertz CT molecular complexity index is 176. The molecule has 0 fully saturated rings. The van der Waals surface area contributed by atoms with E-state index in [9.17, 15) is 0 Å². The van der Waals surface area contributed by atoms with Crippen molar-refractivity contribution in [3.8, 4) is 0 Å². The fraction of sp³-hybridized carbons (Fsp3) is 0.300. The molecular formula is C10H15NO. The Hall–Kier alpha value is -1.15. The molecule has 0 unspecified atom stereocenters. The van der Waals surface area contributed by atoms with Crippen LogP contribution in [0.15, 0.2) is 43.0 Å². The topological polar surface area (TPSA) is 32.6 Å². The van der Waals surface area contributed by atoms with Crippen molar-refractivity contribution in [2.75, 3.05) is 6.61 Å². The number of hydrogen-bond donors (Lipinski definition) is 1. The highest BCUT2D eigenvalue weighted by atomic mass is 16.2. The molecule has 2 nitrogen and oxygen atoms in total. The van der Waals surface area contributed by atoms with Crippen molar-refractivity contribution in [1.82, 2.24) is 0 Å².